The van der Waals surface area contributed by atoms with Gasteiger partial charge in [-0.05, 0) is 128 Å². The fraction of sp³-hybridized carbons (Fsp3) is 0.270. The molecule has 2 N–H and O–H groups in total. The standard InChI is InChI=1S/2C23H19F3N2OS.C15H17N3S.C7H2ClF3O.C6H15N.ClH/c2*1-14-6-8-28(23-27-7-9-30-23)13-18(14)16-4-2-15(3-5-16)10-21(29)22-19(25)11-17(24)12-20(22)26;1-11-6-8-18(15-17-7-9-19-15)10-14(11)12-2-4-13(16)5-3-12;8-7(12)6-4(10)1-3(9)2-5(6)11;1-4-7(5-2)6-3;/h2*2-5,7,9,11-12H,6,8,10,13H2,1H3;2-5,7,9H,6,8,10,16H2,1H3;1-2H;4-6H2,1-3H3;1H. The Morgan fingerprint density at radius 2 is 0.727 bits per heavy atom. The molecule has 12 rings (SSSR count). The normalized spacial score (nSPS) is 13.7. The van der Waals surface area contributed by atoms with E-state index in [0.29, 0.717) is 47.5 Å². The molecule has 11 nitrogen and oxygen atoms in total. The van der Waals surface area contributed by atoms with Gasteiger partial charge in [0, 0.05) is 129 Å². The van der Waals surface area contributed by atoms with Gasteiger partial charge in [-0.25, -0.2) is 54.5 Å². The van der Waals surface area contributed by atoms with Crippen molar-refractivity contribution in [3.8, 4) is 0 Å². The van der Waals surface area contributed by atoms with Gasteiger partial charge < -0.3 is 25.3 Å². The molecule has 0 aliphatic carbocycles. The third-order valence-electron chi connectivity index (χ3n) is 16.6. The van der Waals surface area contributed by atoms with Crippen molar-refractivity contribution in [3.05, 3.63) is 258 Å². The van der Waals surface area contributed by atoms with Gasteiger partial charge >= 0.3 is 0 Å². The predicted molar refractivity (Wildman–Crippen MR) is 384 cm³/mol. The Morgan fingerprint density at radius 3 is 0.970 bits per heavy atom. The van der Waals surface area contributed by atoms with Gasteiger partial charge in [0.15, 0.2) is 27.0 Å². The van der Waals surface area contributed by atoms with Crippen molar-refractivity contribution >= 4 is 113 Å². The third-order valence-corrected chi connectivity index (χ3v) is 19.3. The number of thiazole rings is 3. The molecule has 522 valence electrons. The smallest absolute Gasteiger partial charge is 0.258 e. The zero-order valence-electron chi connectivity index (χ0n) is 55.1. The van der Waals surface area contributed by atoms with E-state index in [9.17, 15) is 53.9 Å². The van der Waals surface area contributed by atoms with Gasteiger partial charge in [0.25, 0.3) is 5.24 Å². The number of carbonyl (C=O) groups excluding carboxylic acids is 3. The number of anilines is 4. The third kappa shape index (κ3) is 21.3. The molecule has 3 aliphatic heterocycles. The van der Waals surface area contributed by atoms with Gasteiger partial charge in [-0.1, -0.05) is 98.2 Å². The molecular weight excluding hydrogens is 1390 g/mol. The van der Waals surface area contributed by atoms with Crippen LogP contribution in [0.15, 0.2) is 161 Å². The van der Waals surface area contributed by atoms with E-state index in [4.69, 9.17) is 17.3 Å². The summed E-state index contributed by atoms with van der Waals surface area (Å²) in [7, 11) is 0. The van der Waals surface area contributed by atoms with E-state index in [1.807, 2.05) is 58.7 Å². The highest BCUT2D eigenvalue weighted by Crippen LogP contribution is 2.35. The first-order chi connectivity index (χ1) is 46.9. The van der Waals surface area contributed by atoms with E-state index < -0.39 is 85.9 Å². The molecule has 0 radical (unpaired) electrons. The number of Topliss-reactive ketones (excluding diaryl/α,β-unsaturated/α-hetero) is 2. The van der Waals surface area contributed by atoms with Gasteiger partial charge in [-0.3, -0.25) is 14.4 Å². The van der Waals surface area contributed by atoms with Gasteiger partial charge in [0.2, 0.25) is 0 Å². The number of ketones is 2. The fourth-order valence-electron chi connectivity index (χ4n) is 11.1. The number of nitrogens with zero attached hydrogens (tertiary/aromatic N) is 7. The Hall–Kier alpha value is -8.45. The molecule has 0 saturated heterocycles. The summed E-state index contributed by atoms with van der Waals surface area (Å²) in [5.74, 6) is -12.0. The fourth-order valence-corrected chi connectivity index (χ4v) is 13.3. The number of aromatic nitrogens is 3. The summed E-state index contributed by atoms with van der Waals surface area (Å²) in [6.45, 7) is 21.9. The van der Waals surface area contributed by atoms with E-state index >= 15 is 0 Å². The number of hydrogen-bond donors (Lipinski definition) is 1. The number of carbonyl (C=O) groups is 3. The van der Waals surface area contributed by atoms with Crippen molar-refractivity contribution in [2.45, 2.75) is 73.6 Å². The number of hydrogen-bond acceptors (Lipinski definition) is 14. The first-order valence-electron chi connectivity index (χ1n) is 31.4. The second-order valence-corrected chi connectivity index (χ2v) is 26.0. The molecule has 0 fully saturated rings. The van der Waals surface area contributed by atoms with E-state index in [2.05, 4.69) is 88.2 Å². The summed E-state index contributed by atoms with van der Waals surface area (Å²) in [6.07, 6.45) is 8.11. The molecule has 3 aromatic heterocycles. The number of halogens is 11. The molecule has 6 aromatic carbocycles. The largest absolute Gasteiger partial charge is 0.399 e. The molecule has 0 saturated carbocycles. The molecule has 0 spiro atoms. The summed E-state index contributed by atoms with van der Waals surface area (Å²) < 4.78 is 119. The Bertz CT molecular complexity index is 4040. The van der Waals surface area contributed by atoms with Crippen molar-refractivity contribution in [2.75, 3.05) is 79.3 Å². The van der Waals surface area contributed by atoms with Crippen LogP contribution in [0.1, 0.15) is 120 Å². The second kappa shape index (κ2) is 37.1. The monoisotopic (exact) mass is 1460 g/mol. The highest BCUT2D eigenvalue weighted by atomic mass is 35.5. The molecule has 99 heavy (non-hydrogen) atoms. The van der Waals surface area contributed by atoms with E-state index in [1.54, 1.807) is 70.7 Å². The summed E-state index contributed by atoms with van der Waals surface area (Å²) in [5.41, 5.74) is 16.8. The molecule has 0 amide bonds. The van der Waals surface area contributed by atoms with Crippen molar-refractivity contribution in [3.63, 3.8) is 0 Å². The summed E-state index contributed by atoms with van der Waals surface area (Å²) in [5, 5.41) is 7.75. The minimum Gasteiger partial charge on any atom is -0.399 e. The molecule has 9 aromatic rings. The Labute approximate surface area is 593 Å². The number of rotatable bonds is 16. The van der Waals surface area contributed by atoms with E-state index in [0.717, 1.165) is 90.7 Å². The van der Waals surface area contributed by atoms with Crippen molar-refractivity contribution in [2.24, 2.45) is 0 Å². The van der Waals surface area contributed by atoms with Gasteiger partial charge in [0.1, 0.15) is 57.9 Å². The first-order valence-corrected chi connectivity index (χ1v) is 34.4. The Balaban J connectivity index is 0.000000187. The lowest BCUT2D eigenvalue weighted by molar-refractivity contribution is 0.0975. The second-order valence-electron chi connectivity index (χ2n) is 23.1. The van der Waals surface area contributed by atoms with Crippen LogP contribution in [0.5, 0.6) is 0 Å². The van der Waals surface area contributed by atoms with Crippen molar-refractivity contribution in [1.82, 2.24) is 19.9 Å². The van der Waals surface area contributed by atoms with Gasteiger partial charge in [-0.2, -0.15) is 0 Å². The highest BCUT2D eigenvalue weighted by Gasteiger charge is 2.26. The Kier molecular flexibility index (Phi) is 29.2. The van der Waals surface area contributed by atoms with Crippen molar-refractivity contribution < 1.29 is 53.9 Å². The lowest BCUT2D eigenvalue weighted by Gasteiger charge is -2.30. The van der Waals surface area contributed by atoms with Gasteiger partial charge in [-0.15, -0.1) is 46.4 Å². The average molecular weight is 1460 g/mol. The molecule has 3 aliphatic rings. The van der Waals surface area contributed by atoms with Crippen LogP contribution in [0, 0.1) is 52.4 Å². The van der Waals surface area contributed by atoms with Crippen LogP contribution in [0.3, 0.4) is 0 Å². The van der Waals surface area contributed by atoms with Crippen LogP contribution in [0.2, 0.25) is 0 Å². The lowest BCUT2D eigenvalue weighted by atomic mass is 9.93. The van der Waals surface area contributed by atoms with Crippen LogP contribution in [0.4, 0.5) is 60.6 Å². The summed E-state index contributed by atoms with van der Waals surface area (Å²) in [4.78, 5) is 57.5. The van der Waals surface area contributed by atoms with Crippen LogP contribution in [0.25, 0.3) is 16.7 Å². The molecule has 0 bridgehead atoms. The molecule has 0 unspecified atom stereocenters. The minimum absolute atomic E-state index is 0. The number of benzene rings is 6. The zero-order valence-corrected chi connectivity index (χ0v) is 59.1. The van der Waals surface area contributed by atoms with Crippen LogP contribution in [-0.2, 0) is 12.8 Å². The number of nitrogen functional groups attached to an aromatic ring is 1. The lowest BCUT2D eigenvalue weighted by Crippen LogP contribution is -2.30. The van der Waals surface area contributed by atoms with Crippen LogP contribution >= 0.6 is 58.0 Å². The highest BCUT2D eigenvalue weighted by molar-refractivity contribution is 7.14. The minimum atomic E-state index is -1.30. The van der Waals surface area contributed by atoms with Crippen LogP contribution in [-0.4, -0.2) is 95.6 Å². The zero-order chi connectivity index (χ0) is 70.7. The molecule has 0 atom stereocenters. The SMILES string of the molecule is CC1=C(c2ccc(CC(=O)c3c(F)cc(F)cc3F)cc2)CN(c2nccs2)CC1.CC1=C(c2ccc(CC(=O)c3c(F)cc(F)cc3F)cc2)CN(c2nccs2)CC1.CC1=C(c2ccc(N)cc2)CN(c2nccs2)CC1.CCN(CC)CC.Cl.O=C(Cl)c1c(F)cc(F)cc1F. The van der Waals surface area contributed by atoms with Crippen LogP contribution < -0.4 is 20.4 Å². The maximum atomic E-state index is 13.9. The molecule has 6 heterocycles. The molecule has 25 heteroatoms. The first kappa shape index (κ1) is 77.9. The maximum absolute atomic E-state index is 13.9. The van der Waals surface area contributed by atoms with Gasteiger partial charge in [0.05, 0.1) is 11.1 Å². The summed E-state index contributed by atoms with van der Waals surface area (Å²) in [6, 6.07) is 25.8. The molecular formula is C74H73Cl2F9N8O3S3. The topological polar surface area (TPSA) is 129 Å². The quantitative estimate of drug-likeness (QED) is 0.0430. The van der Waals surface area contributed by atoms with Crippen molar-refractivity contribution in [1.29, 1.82) is 0 Å². The van der Waals surface area contributed by atoms with E-state index in [1.165, 1.54) is 58.6 Å². The van der Waals surface area contributed by atoms with E-state index in [-0.39, 0.29) is 25.2 Å². The average Bonchev–Trinajstić information content (AvgIpc) is 1.79. The number of nitrogens with two attached hydrogens (primary N) is 1. The Morgan fingerprint density at radius 1 is 0.455 bits per heavy atom. The predicted octanol–water partition coefficient (Wildman–Crippen LogP) is 19.0. The maximum Gasteiger partial charge on any atom is 0.258 e. The summed E-state index contributed by atoms with van der Waals surface area (Å²) >= 11 is 9.74.